The van der Waals surface area contributed by atoms with Crippen LogP contribution in [0.2, 0.25) is 0 Å². The zero-order valence-corrected chi connectivity index (χ0v) is 17.3. The number of imide groups is 1. The number of nitrogens with one attached hydrogen (secondary N) is 1. The van der Waals surface area contributed by atoms with Crippen LogP contribution in [0.3, 0.4) is 0 Å². The van der Waals surface area contributed by atoms with Crippen LogP contribution in [-0.2, 0) is 36.9 Å². The molecule has 1 N–H and O–H groups in total. The summed E-state index contributed by atoms with van der Waals surface area (Å²) in [5.41, 5.74) is 3.24. The van der Waals surface area contributed by atoms with Crippen molar-refractivity contribution in [2.75, 3.05) is 13.7 Å². The number of carbonyl (C=O) groups excluding carboxylic acids is 4. The van der Waals surface area contributed by atoms with Crippen molar-refractivity contribution in [3.05, 3.63) is 34.9 Å². The second-order valence-corrected chi connectivity index (χ2v) is 8.61. The summed E-state index contributed by atoms with van der Waals surface area (Å²) in [6.07, 6.45) is 4.56. The van der Waals surface area contributed by atoms with Gasteiger partial charge in [0.15, 0.2) is 0 Å². The lowest BCUT2D eigenvalue weighted by Gasteiger charge is -2.34. The Labute approximate surface area is 176 Å². The monoisotopic (exact) mass is 412 g/mol. The maximum Gasteiger partial charge on any atom is 0.308 e. The van der Waals surface area contributed by atoms with Crippen LogP contribution >= 0.6 is 0 Å². The van der Waals surface area contributed by atoms with Crippen LogP contribution in [0.1, 0.15) is 61.1 Å². The molecule has 2 aliphatic heterocycles. The fraction of sp³-hybridized carbons (Fsp3) is 0.565. The van der Waals surface area contributed by atoms with Crippen molar-refractivity contribution in [3.63, 3.8) is 0 Å². The highest BCUT2D eigenvalue weighted by Crippen LogP contribution is 2.33. The molecule has 7 nitrogen and oxygen atoms in total. The lowest BCUT2D eigenvalue weighted by Crippen LogP contribution is -2.41. The van der Waals surface area contributed by atoms with Crippen molar-refractivity contribution in [1.29, 1.82) is 0 Å². The quantitative estimate of drug-likeness (QED) is 0.606. The molecule has 1 saturated carbocycles. The number of hydrogen-bond donors (Lipinski definition) is 1. The number of ether oxygens (including phenoxy) is 1. The molecule has 30 heavy (non-hydrogen) atoms. The van der Waals surface area contributed by atoms with E-state index in [2.05, 4.69) is 11.4 Å². The molecule has 2 heterocycles. The fourth-order valence-electron chi connectivity index (χ4n) is 4.99. The first-order chi connectivity index (χ1) is 14.5. The van der Waals surface area contributed by atoms with Gasteiger partial charge in [0.2, 0.25) is 17.7 Å². The van der Waals surface area contributed by atoms with Crippen LogP contribution < -0.4 is 5.32 Å². The summed E-state index contributed by atoms with van der Waals surface area (Å²) in [5.74, 6) is -0.789. The van der Waals surface area contributed by atoms with Gasteiger partial charge in [-0.1, -0.05) is 18.2 Å². The van der Waals surface area contributed by atoms with E-state index in [-0.39, 0.29) is 41.4 Å². The molecule has 7 heteroatoms. The Hall–Kier alpha value is -2.70. The van der Waals surface area contributed by atoms with Crippen LogP contribution in [0.25, 0.3) is 0 Å². The van der Waals surface area contributed by atoms with E-state index in [4.69, 9.17) is 4.74 Å². The highest BCUT2D eigenvalue weighted by atomic mass is 16.5. The molecular formula is C23H28N2O5. The van der Waals surface area contributed by atoms with Crippen molar-refractivity contribution < 1.29 is 23.9 Å². The molecule has 3 aliphatic rings. The second kappa shape index (κ2) is 8.58. The van der Waals surface area contributed by atoms with Crippen LogP contribution in [-0.4, -0.2) is 42.2 Å². The molecule has 3 amide bonds. The Morgan fingerprint density at radius 3 is 2.43 bits per heavy atom. The molecule has 1 atom stereocenters. The van der Waals surface area contributed by atoms with Crippen LogP contribution in [0, 0.1) is 11.8 Å². The van der Waals surface area contributed by atoms with E-state index in [1.807, 2.05) is 17.0 Å². The Kier molecular flexibility index (Phi) is 5.88. The zero-order chi connectivity index (χ0) is 21.3. The van der Waals surface area contributed by atoms with E-state index >= 15 is 0 Å². The van der Waals surface area contributed by atoms with Gasteiger partial charge in [0, 0.05) is 25.4 Å². The summed E-state index contributed by atoms with van der Waals surface area (Å²) < 4.78 is 4.83. The first-order valence-corrected chi connectivity index (χ1v) is 10.8. The van der Waals surface area contributed by atoms with Crippen molar-refractivity contribution >= 4 is 23.7 Å². The van der Waals surface area contributed by atoms with Crippen molar-refractivity contribution in [2.45, 2.75) is 57.4 Å². The molecule has 1 unspecified atom stereocenters. The zero-order valence-electron chi connectivity index (χ0n) is 17.3. The van der Waals surface area contributed by atoms with E-state index in [0.29, 0.717) is 38.8 Å². The molecule has 0 spiro atoms. The molecule has 0 radical (unpaired) electrons. The summed E-state index contributed by atoms with van der Waals surface area (Å²) in [6.45, 7) is 1.25. The number of methoxy groups -OCH3 is 1. The van der Waals surface area contributed by atoms with Crippen LogP contribution in [0.15, 0.2) is 18.2 Å². The van der Waals surface area contributed by atoms with Gasteiger partial charge in [-0.2, -0.15) is 0 Å². The van der Waals surface area contributed by atoms with E-state index in [1.54, 1.807) is 0 Å². The summed E-state index contributed by atoms with van der Waals surface area (Å²) in [7, 11) is 1.41. The molecule has 1 aromatic carbocycles. The minimum Gasteiger partial charge on any atom is -0.469 e. The van der Waals surface area contributed by atoms with Crippen molar-refractivity contribution in [1.82, 2.24) is 10.2 Å². The van der Waals surface area contributed by atoms with Gasteiger partial charge in [0.05, 0.1) is 18.9 Å². The maximum atomic E-state index is 13.0. The van der Waals surface area contributed by atoms with Gasteiger partial charge in [-0.05, 0) is 55.2 Å². The lowest BCUT2D eigenvalue weighted by atomic mass is 9.81. The number of benzene rings is 1. The third-order valence-corrected chi connectivity index (χ3v) is 6.81. The molecule has 1 aromatic rings. The normalized spacial score (nSPS) is 26.6. The molecule has 0 aromatic heterocycles. The van der Waals surface area contributed by atoms with Crippen LogP contribution in [0.5, 0.6) is 0 Å². The topological polar surface area (TPSA) is 92.8 Å². The highest BCUT2D eigenvalue weighted by molar-refractivity contribution is 6.00. The Bertz CT molecular complexity index is 872. The van der Waals surface area contributed by atoms with Gasteiger partial charge in [0.1, 0.15) is 0 Å². The van der Waals surface area contributed by atoms with Gasteiger partial charge in [-0.15, -0.1) is 0 Å². The van der Waals surface area contributed by atoms with Crippen molar-refractivity contribution in [2.24, 2.45) is 11.8 Å². The Balaban J connectivity index is 1.38. The predicted molar refractivity (Wildman–Crippen MR) is 108 cm³/mol. The molecule has 1 aliphatic carbocycles. The second-order valence-electron chi connectivity index (χ2n) is 8.61. The van der Waals surface area contributed by atoms with Gasteiger partial charge >= 0.3 is 5.97 Å². The number of fused-ring (bicyclic) bond motifs is 1. The maximum absolute atomic E-state index is 13.0. The molecule has 2 fully saturated rings. The largest absolute Gasteiger partial charge is 0.469 e. The fourth-order valence-corrected chi connectivity index (χ4v) is 4.99. The molecule has 4 rings (SSSR count). The third kappa shape index (κ3) is 4.11. The summed E-state index contributed by atoms with van der Waals surface area (Å²) >= 11 is 0. The molecule has 0 bridgehead atoms. The molecular weight excluding hydrogens is 384 g/mol. The number of carbonyl (C=O) groups is 4. The van der Waals surface area contributed by atoms with Gasteiger partial charge in [-0.25, -0.2) is 0 Å². The summed E-state index contributed by atoms with van der Waals surface area (Å²) in [4.78, 5) is 50.2. The van der Waals surface area contributed by atoms with E-state index in [1.165, 1.54) is 12.7 Å². The third-order valence-electron chi connectivity index (χ3n) is 6.81. The number of amides is 3. The first kappa shape index (κ1) is 20.6. The average molecular weight is 412 g/mol. The van der Waals surface area contributed by atoms with Crippen LogP contribution in [0.4, 0.5) is 0 Å². The Morgan fingerprint density at radius 1 is 1.00 bits per heavy atom. The van der Waals surface area contributed by atoms with E-state index in [0.717, 1.165) is 30.4 Å². The van der Waals surface area contributed by atoms with E-state index in [9.17, 15) is 19.2 Å². The number of rotatable bonds is 3. The van der Waals surface area contributed by atoms with E-state index < -0.39 is 0 Å². The molecule has 160 valence electrons. The lowest BCUT2D eigenvalue weighted by molar-refractivity contribution is -0.148. The minimum absolute atomic E-state index is 0.0183. The number of piperidine rings is 1. The number of hydrogen-bond acceptors (Lipinski definition) is 5. The minimum atomic E-state index is -0.280. The van der Waals surface area contributed by atoms with Gasteiger partial charge in [-0.3, -0.25) is 24.5 Å². The SMILES string of the molecule is COC(=O)C1CCC(C(=O)N2CCc3cc(C4CCC(=O)NC4=O)ccc3C2)CC1. The van der Waals surface area contributed by atoms with Gasteiger partial charge < -0.3 is 9.64 Å². The van der Waals surface area contributed by atoms with Crippen molar-refractivity contribution in [3.8, 4) is 0 Å². The predicted octanol–water partition coefficient (Wildman–Crippen LogP) is 2.07. The average Bonchev–Trinajstić information content (AvgIpc) is 2.77. The number of nitrogens with zero attached hydrogens (tertiary/aromatic N) is 1. The van der Waals surface area contributed by atoms with Gasteiger partial charge in [0.25, 0.3) is 0 Å². The standard InChI is InChI=1S/C23H28N2O5/c1-30-23(29)15-4-2-14(3-5-15)22(28)25-11-10-16-12-17(6-7-18(16)13-25)19-8-9-20(26)24-21(19)27/h6-7,12,14-15,19H,2-5,8-11,13H2,1H3,(H,24,26,27). The Morgan fingerprint density at radius 2 is 1.73 bits per heavy atom. The summed E-state index contributed by atoms with van der Waals surface area (Å²) in [6, 6.07) is 6.04. The molecule has 1 saturated heterocycles. The first-order valence-electron chi connectivity index (χ1n) is 10.8. The highest BCUT2D eigenvalue weighted by Gasteiger charge is 2.34. The summed E-state index contributed by atoms with van der Waals surface area (Å²) in [5, 5.41) is 2.42. The smallest absolute Gasteiger partial charge is 0.308 e. The number of esters is 1.